The van der Waals surface area contributed by atoms with E-state index in [1.165, 1.54) is 139 Å². The van der Waals surface area contributed by atoms with Crippen molar-refractivity contribution in [1.82, 2.24) is 0 Å². The van der Waals surface area contributed by atoms with E-state index in [2.05, 4.69) is 208 Å². The van der Waals surface area contributed by atoms with Crippen LogP contribution in [-0.2, 0) is 5.41 Å². The lowest BCUT2D eigenvalue weighted by atomic mass is 9.80. The van der Waals surface area contributed by atoms with Gasteiger partial charge < -0.3 is 0 Å². The van der Waals surface area contributed by atoms with Crippen LogP contribution in [0.3, 0.4) is 0 Å². The van der Waals surface area contributed by atoms with E-state index >= 15 is 0 Å². The molecule has 1 aliphatic rings. The van der Waals surface area contributed by atoms with Crippen molar-refractivity contribution in [2.45, 2.75) is 19.3 Å². The van der Waals surface area contributed by atoms with Crippen LogP contribution in [0.15, 0.2) is 194 Å². The van der Waals surface area contributed by atoms with Crippen molar-refractivity contribution in [3.05, 3.63) is 205 Å². The van der Waals surface area contributed by atoms with Gasteiger partial charge in [-0.3, -0.25) is 0 Å². The van der Waals surface area contributed by atoms with Crippen molar-refractivity contribution in [3.63, 3.8) is 0 Å². The first-order chi connectivity index (χ1) is 31.0. The summed E-state index contributed by atoms with van der Waals surface area (Å²) in [6, 6.07) is 73.3. The lowest BCUT2D eigenvalue weighted by molar-refractivity contribution is 0.660. The van der Waals surface area contributed by atoms with E-state index in [1.807, 2.05) is 22.7 Å². The van der Waals surface area contributed by atoms with Crippen molar-refractivity contribution in [2.75, 3.05) is 0 Å². The summed E-state index contributed by atoms with van der Waals surface area (Å²) in [7, 11) is 0. The fourth-order valence-electron chi connectivity index (χ4n) is 11.3. The first kappa shape index (κ1) is 35.5. The Hall–Kier alpha value is -7.10. The Labute approximate surface area is 372 Å². The SMILES string of the molecule is CC1(C)c2ccc(-c3cc4sc5cc6ccccc6cc5c4c4sc5ccccc5c34)cc2-c2ccc(-c3c4ccccc4c(-c4cccc5ccccc45)c4ccccc34)cc21. The smallest absolute Gasteiger partial charge is 0.0454 e. The fraction of sp³-hybridized carbons (Fsp3) is 0.0492. The third-order valence-electron chi connectivity index (χ3n) is 14.2. The number of thiophene rings is 2. The van der Waals surface area contributed by atoms with E-state index in [9.17, 15) is 0 Å². The predicted octanol–water partition coefficient (Wildman–Crippen LogP) is 18.3. The molecule has 0 fully saturated rings. The highest BCUT2D eigenvalue weighted by atomic mass is 32.1. The van der Waals surface area contributed by atoms with E-state index in [1.54, 1.807) is 0 Å². The molecule has 0 amide bonds. The van der Waals surface area contributed by atoms with Gasteiger partial charge in [-0.05, 0) is 135 Å². The monoisotopic (exact) mass is 834 g/mol. The second-order valence-electron chi connectivity index (χ2n) is 17.9. The average molecular weight is 835 g/mol. The Morgan fingerprint density at radius 1 is 0.317 bits per heavy atom. The first-order valence-corrected chi connectivity index (χ1v) is 23.5. The highest BCUT2D eigenvalue weighted by molar-refractivity contribution is 7.30. The molecule has 0 nitrogen and oxygen atoms in total. The summed E-state index contributed by atoms with van der Waals surface area (Å²) in [6.45, 7) is 4.83. The molecule has 0 bridgehead atoms. The molecular formula is C61H38S2. The number of benzene rings is 11. The van der Waals surface area contributed by atoms with E-state index in [-0.39, 0.29) is 5.41 Å². The Morgan fingerprint density at radius 2 is 0.937 bits per heavy atom. The molecule has 2 aromatic heterocycles. The van der Waals surface area contributed by atoms with E-state index in [0.717, 1.165) is 0 Å². The molecule has 0 saturated heterocycles. The first-order valence-electron chi connectivity index (χ1n) is 21.9. The molecule has 1 aliphatic carbocycles. The van der Waals surface area contributed by atoms with Crippen LogP contribution in [0.4, 0.5) is 0 Å². The van der Waals surface area contributed by atoms with E-state index in [4.69, 9.17) is 0 Å². The zero-order valence-corrected chi connectivity index (χ0v) is 36.4. The average Bonchev–Trinajstić information content (AvgIpc) is 3.96. The third kappa shape index (κ3) is 4.97. The molecule has 0 aliphatic heterocycles. The third-order valence-corrected chi connectivity index (χ3v) is 16.5. The molecule has 14 rings (SSSR count). The number of hydrogen-bond donors (Lipinski definition) is 0. The van der Waals surface area contributed by atoms with Gasteiger partial charge in [0.25, 0.3) is 0 Å². The van der Waals surface area contributed by atoms with E-state index < -0.39 is 0 Å². The van der Waals surface area contributed by atoms with Crippen molar-refractivity contribution in [2.24, 2.45) is 0 Å². The van der Waals surface area contributed by atoms with Gasteiger partial charge in [-0.2, -0.15) is 0 Å². The van der Waals surface area contributed by atoms with Crippen LogP contribution >= 0.6 is 22.7 Å². The lowest BCUT2D eigenvalue weighted by Gasteiger charge is -2.23. The normalized spacial score (nSPS) is 13.4. The van der Waals surface area contributed by atoms with Gasteiger partial charge in [-0.15, -0.1) is 22.7 Å². The molecule has 0 spiro atoms. The van der Waals surface area contributed by atoms with Gasteiger partial charge in [0.05, 0.1) is 0 Å². The minimum atomic E-state index is -0.171. The second-order valence-corrected chi connectivity index (χ2v) is 20.0. The molecular weight excluding hydrogens is 797 g/mol. The van der Waals surface area contributed by atoms with Crippen LogP contribution in [0, 0.1) is 0 Å². The van der Waals surface area contributed by atoms with Crippen LogP contribution in [0.1, 0.15) is 25.0 Å². The molecule has 294 valence electrons. The molecule has 2 heterocycles. The minimum absolute atomic E-state index is 0.171. The fourth-order valence-corrected chi connectivity index (χ4v) is 13.8. The van der Waals surface area contributed by atoms with Crippen LogP contribution in [-0.4, -0.2) is 0 Å². The Morgan fingerprint density at radius 3 is 1.70 bits per heavy atom. The summed E-state index contributed by atoms with van der Waals surface area (Å²) in [5, 5.41) is 15.7. The number of hydrogen-bond acceptors (Lipinski definition) is 2. The summed E-state index contributed by atoms with van der Waals surface area (Å²) in [5.41, 5.74) is 13.0. The van der Waals surface area contributed by atoms with Crippen LogP contribution in [0.5, 0.6) is 0 Å². The van der Waals surface area contributed by atoms with Gasteiger partial charge in [0, 0.05) is 45.8 Å². The van der Waals surface area contributed by atoms with Crippen LogP contribution in [0.2, 0.25) is 0 Å². The molecule has 0 radical (unpaired) electrons. The van der Waals surface area contributed by atoms with Crippen molar-refractivity contribution in [1.29, 1.82) is 0 Å². The van der Waals surface area contributed by atoms with Gasteiger partial charge in [-0.1, -0.05) is 172 Å². The maximum atomic E-state index is 2.51. The van der Waals surface area contributed by atoms with Crippen molar-refractivity contribution >= 4 is 106 Å². The van der Waals surface area contributed by atoms with Crippen molar-refractivity contribution < 1.29 is 0 Å². The van der Waals surface area contributed by atoms with Gasteiger partial charge >= 0.3 is 0 Å². The molecule has 0 unspecified atom stereocenters. The molecule has 13 aromatic rings. The van der Waals surface area contributed by atoms with Gasteiger partial charge in [-0.25, -0.2) is 0 Å². The maximum Gasteiger partial charge on any atom is 0.0454 e. The lowest BCUT2D eigenvalue weighted by Crippen LogP contribution is -2.15. The topological polar surface area (TPSA) is 0 Å². The summed E-state index contributed by atoms with van der Waals surface area (Å²) in [4.78, 5) is 0. The summed E-state index contributed by atoms with van der Waals surface area (Å²) in [6.07, 6.45) is 0. The molecule has 2 heteroatoms. The Kier molecular flexibility index (Phi) is 7.31. The molecule has 11 aromatic carbocycles. The Bertz CT molecular complexity index is 4060. The number of rotatable bonds is 3. The van der Waals surface area contributed by atoms with Gasteiger partial charge in [0.2, 0.25) is 0 Å². The summed E-state index contributed by atoms with van der Waals surface area (Å²) in [5.74, 6) is 0. The highest BCUT2D eigenvalue weighted by Gasteiger charge is 2.36. The zero-order valence-electron chi connectivity index (χ0n) is 34.8. The molecule has 0 N–H and O–H groups in total. The second kappa shape index (κ2) is 13.0. The van der Waals surface area contributed by atoms with Crippen LogP contribution < -0.4 is 0 Å². The quantitative estimate of drug-likeness (QED) is 0.156. The largest absolute Gasteiger partial charge is 0.135 e. The molecule has 63 heavy (non-hydrogen) atoms. The molecule has 0 atom stereocenters. The Balaban J connectivity index is 0.971. The maximum absolute atomic E-state index is 2.51. The highest BCUT2D eigenvalue weighted by Crippen LogP contribution is 2.54. The van der Waals surface area contributed by atoms with E-state index in [0.29, 0.717) is 0 Å². The molecule has 0 saturated carbocycles. The number of fused-ring (bicyclic) bond motifs is 14. The van der Waals surface area contributed by atoms with Gasteiger partial charge in [0.1, 0.15) is 0 Å². The summed E-state index contributed by atoms with van der Waals surface area (Å²) >= 11 is 3.88. The minimum Gasteiger partial charge on any atom is -0.135 e. The van der Waals surface area contributed by atoms with Gasteiger partial charge in [0.15, 0.2) is 0 Å². The van der Waals surface area contributed by atoms with Crippen LogP contribution in [0.25, 0.3) is 128 Å². The van der Waals surface area contributed by atoms with Crippen molar-refractivity contribution in [3.8, 4) is 44.5 Å². The predicted molar refractivity (Wildman–Crippen MR) is 276 cm³/mol. The standard InChI is InChI=1S/C61H38S2/c1-61(2)51-29-27-38(48-34-55-59(60-58(48)47-23-11-12-25-53(47)63-60)50-30-36-15-3-4-16-37(36)33-54(50)62-55)31-49(51)41-28-26-39(32-52(41)61)56-43-19-7-9-21-45(43)57(46-22-10-8-20-44(46)56)42-24-13-17-35-14-5-6-18-40(35)42/h3-34H,1-2H3. The summed E-state index contributed by atoms with van der Waals surface area (Å²) < 4.78 is 5.43. The zero-order chi connectivity index (χ0) is 41.6.